The summed E-state index contributed by atoms with van der Waals surface area (Å²) >= 11 is 6.49. The molecule has 0 saturated heterocycles. The fourth-order valence-electron chi connectivity index (χ4n) is 5.56. The largest absolute Gasteiger partial charge is 0.352 e. The van der Waals surface area contributed by atoms with Crippen LogP contribution < -0.4 is 9.62 Å². The summed E-state index contributed by atoms with van der Waals surface area (Å²) in [6.07, 6.45) is 4.31. The Hall–Kier alpha value is -3.36. The van der Waals surface area contributed by atoms with Crippen molar-refractivity contribution in [2.45, 2.75) is 83.3 Å². The Bertz CT molecular complexity index is 1500. The van der Waals surface area contributed by atoms with Gasteiger partial charge >= 0.3 is 0 Å². The van der Waals surface area contributed by atoms with Crippen molar-refractivity contribution in [2.24, 2.45) is 0 Å². The van der Waals surface area contributed by atoms with Crippen LogP contribution in [-0.4, -0.2) is 43.8 Å². The van der Waals surface area contributed by atoms with Gasteiger partial charge in [-0.05, 0) is 87.1 Å². The molecular formula is C33H40ClN3O4S. The van der Waals surface area contributed by atoms with Gasteiger partial charge in [-0.3, -0.25) is 13.9 Å². The van der Waals surface area contributed by atoms with E-state index in [2.05, 4.69) is 5.32 Å². The maximum atomic E-state index is 14.3. The average Bonchev–Trinajstić information content (AvgIpc) is 3.45. The first-order chi connectivity index (χ1) is 20.0. The Kier molecular flexibility index (Phi) is 10.3. The van der Waals surface area contributed by atoms with Gasteiger partial charge in [-0.15, -0.1) is 0 Å². The molecule has 0 radical (unpaired) electrons. The molecule has 0 bridgehead atoms. The van der Waals surface area contributed by atoms with E-state index in [4.69, 9.17) is 11.6 Å². The molecule has 7 nitrogen and oxygen atoms in total. The second-order valence-corrected chi connectivity index (χ2v) is 13.5. The number of sulfonamides is 1. The molecule has 42 heavy (non-hydrogen) atoms. The first-order valence-electron chi connectivity index (χ1n) is 14.5. The van der Waals surface area contributed by atoms with Crippen LogP contribution in [0.1, 0.15) is 61.3 Å². The number of nitrogens with one attached hydrogen (secondary N) is 1. The molecule has 1 aliphatic rings. The number of nitrogens with zero attached hydrogens (tertiary/aromatic N) is 2. The van der Waals surface area contributed by atoms with Crippen LogP contribution in [0.15, 0.2) is 71.6 Å². The Morgan fingerprint density at radius 3 is 2.14 bits per heavy atom. The highest BCUT2D eigenvalue weighted by molar-refractivity contribution is 7.92. The van der Waals surface area contributed by atoms with Crippen molar-refractivity contribution in [3.8, 4) is 0 Å². The zero-order valence-corrected chi connectivity index (χ0v) is 26.3. The summed E-state index contributed by atoms with van der Waals surface area (Å²) in [5.74, 6) is -0.720. The van der Waals surface area contributed by atoms with E-state index in [-0.39, 0.29) is 23.4 Å². The first-order valence-corrected chi connectivity index (χ1v) is 16.3. The normalized spacial score (nSPS) is 14.4. The molecule has 1 saturated carbocycles. The van der Waals surface area contributed by atoms with Crippen molar-refractivity contribution in [1.29, 1.82) is 0 Å². The lowest BCUT2D eigenvalue weighted by molar-refractivity contribution is -0.140. The van der Waals surface area contributed by atoms with E-state index in [1.54, 1.807) is 48.5 Å². The van der Waals surface area contributed by atoms with Crippen molar-refractivity contribution in [3.05, 3.63) is 94.0 Å². The lowest BCUT2D eigenvalue weighted by atomic mass is 10.1. The average molecular weight is 610 g/mol. The lowest BCUT2D eigenvalue weighted by Crippen LogP contribution is -2.53. The molecule has 3 aromatic carbocycles. The molecule has 4 rings (SSSR count). The first kappa shape index (κ1) is 31.6. The molecule has 0 heterocycles. The molecule has 0 aliphatic heterocycles. The number of hydrogen-bond acceptors (Lipinski definition) is 4. The third-order valence-corrected chi connectivity index (χ3v) is 9.93. The van der Waals surface area contributed by atoms with E-state index < -0.39 is 28.5 Å². The number of rotatable bonds is 11. The summed E-state index contributed by atoms with van der Waals surface area (Å²) in [4.78, 5) is 29.4. The van der Waals surface area contributed by atoms with Gasteiger partial charge in [-0.1, -0.05) is 73.3 Å². The Labute approximate surface area is 254 Å². The number of hydrogen-bond donors (Lipinski definition) is 1. The molecule has 2 amide bonds. The van der Waals surface area contributed by atoms with E-state index in [9.17, 15) is 18.0 Å². The minimum atomic E-state index is -4.13. The molecule has 1 atom stereocenters. The topological polar surface area (TPSA) is 86.8 Å². The quantitative estimate of drug-likeness (QED) is 0.275. The van der Waals surface area contributed by atoms with Gasteiger partial charge in [0.2, 0.25) is 11.8 Å². The number of benzene rings is 3. The standard InChI is InChI=1S/C33H40ClN3O4S/c1-5-31(33(39)35-27-11-7-8-12-27)36(21-26-10-6-9-13-30(26)34)32(38)22-37(28-19-24(3)18-25(4)20-28)42(40,41)29-16-14-23(2)15-17-29/h6,9-10,13-20,27,31H,5,7-8,11-12,21-22H2,1-4H3,(H,35,39). The van der Waals surface area contributed by atoms with Crippen LogP contribution in [0.2, 0.25) is 5.02 Å². The Morgan fingerprint density at radius 1 is 0.929 bits per heavy atom. The highest BCUT2D eigenvalue weighted by atomic mass is 35.5. The minimum absolute atomic E-state index is 0.0698. The maximum Gasteiger partial charge on any atom is 0.264 e. The van der Waals surface area contributed by atoms with Crippen LogP contribution in [0, 0.1) is 20.8 Å². The van der Waals surface area contributed by atoms with E-state index >= 15 is 0 Å². The summed E-state index contributed by atoms with van der Waals surface area (Å²) in [6.45, 7) is 7.11. The zero-order valence-electron chi connectivity index (χ0n) is 24.8. The van der Waals surface area contributed by atoms with E-state index in [0.717, 1.165) is 46.7 Å². The van der Waals surface area contributed by atoms with E-state index in [1.807, 2.05) is 45.9 Å². The third kappa shape index (κ3) is 7.53. The molecule has 224 valence electrons. The fraction of sp³-hybridized carbons (Fsp3) is 0.394. The number of anilines is 1. The minimum Gasteiger partial charge on any atom is -0.352 e. The number of amides is 2. The summed E-state index contributed by atoms with van der Waals surface area (Å²) in [5, 5.41) is 3.60. The predicted molar refractivity (Wildman–Crippen MR) is 168 cm³/mol. The van der Waals surface area contributed by atoms with Crippen LogP contribution in [0.5, 0.6) is 0 Å². The SMILES string of the molecule is CCC(C(=O)NC1CCCC1)N(Cc1ccccc1Cl)C(=O)CN(c1cc(C)cc(C)c1)S(=O)(=O)c1ccc(C)cc1. The van der Waals surface area contributed by atoms with Gasteiger partial charge in [0.1, 0.15) is 12.6 Å². The predicted octanol–water partition coefficient (Wildman–Crippen LogP) is 6.33. The summed E-state index contributed by atoms with van der Waals surface area (Å²) < 4.78 is 29.3. The summed E-state index contributed by atoms with van der Waals surface area (Å²) in [7, 11) is -4.13. The molecule has 0 spiro atoms. The summed E-state index contributed by atoms with van der Waals surface area (Å²) in [5.41, 5.74) is 3.74. The molecule has 1 unspecified atom stereocenters. The van der Waals surface area contributed by atoms with Gasteiger partial charge in [-0.2, -0.15) is 0 Å². The van der Waals surface area contributed by atoms with Gasteiger partial charge in [0.15, 0.2) is 0 Å². The zero-order chi connectivity index (χ0) is 30.4. The van der Waals surface area contributed by atoms with Crippen LogP contribution in [0.3, 0.4) is 0 Å². The van der Waals surface area contributed by atoms with Gasteiger partial charge in [0.25, 0.3) is 10.0 Å². The third-order valence-electron chi connectivity index (χ3n) is 7.77. The van der Waals surface area contributed by atoms with Crippen molar-refractivity contribution in [1.82, 2.24) is 10.2 Å². The van der Waals surface area contributed by atoms with Gasteiger partial charge in [-0.25, -0.2) is 8.42 Å². The smallest absolute Gasteiger partial charge is 0.264 e. The Morgan fingerprint density at radius 2 is 1.55 bits per heavy atom. The van der Waals surface area contributed by atoms with Crippen molar-refractivity contribution in [3.63, 3.8) is 0 Å². The van der Waals surface area contributed by atoms with Gasteiger partial charge in [0, 0.05) is 17.6 Å². The molecule has 9 heteroatoms. The number of carbonyl (C=O) groups excluding carboxylic acids is 2. The lowest BCUT2D eigenvalue weighted by Gasteiger charge is -2.34. The van der Waals surface area contributed by atoms with Crippen LogP contribution in [-0.2, 0) is 26.2 Å². The maximum absolute atomic E-state index is 14.3. The van der Waals surface area contributed by atoms with Crippen molar-refractivity contribution in [2.75, 3.05) is 10.8 Å². The number of aryl methyl sites for hydroxylation is 3. The van der Waals surface area contributed by atoms with E-state index in [0.29, 0.717) is 22.7 Å². The molecule has 0 aromatic heterocycles. The molecular weight excluding hydrogens is 570 g/mol. The van der Waals surface area contributed by atoms with Crippen molar-refractivity contribution >= 4 is 39.1 Å². The second kappa shape index (κ2) is 13.7. The van der Waals surface area contributed by atoms with E-state index in [1.165, 1.54) is 4.90 Å². The molecule has 1 aliphatic carbocycles. The van der Waals surface area contributed by atoms with Crippen LogP contribution in [0.4, 0.5) is 5.69 Å². The summed E-state index contributed by atoms with van der Waals surface area (Å²) in [6, 6.07) is 18.5. The Balaban J connectivity index is 1.75. The second-order valence-electron chi connectivity index (χ2n) is 11.2. The van der Waals surface area contributed by atoms with Crippen molar-refractivity contribution < 1.29 is 18.0 Å². The van der Waals surface area contributed by atoms with Crippen LogP contribution in [0.25, 0.3) is 0 Å². The fourth-order valence-corrected chi connectivity index (χ4v) is 7.15. The highest BCUT2D eigenvalue weighted by Gasteiger charge is 2.35. The van der Waals surface area contributed by atoms with Crippen LogP contribution >= 0.6 is 11.6 Å². The monoisotopic (exact) mass is 609 g/mol. The molecule has 1 N–H and O–H groups in total. The van der Waals surface area contributed by atoms with Gasteiger partial charge in [0.05, 0.1) is 10.6 Å². The molecule has 3 aromatic rings. The van der Waals surface area contributed by atoms with Gasteiger partial charge < -0.3 is 10.2 Å². The number of carbonyl (C=O) groups is 2. The highest BCUT2D eigenvalue weighted by Crippen LogP contribution is 2.28. The number of halogens is 1. The molecule has 1 fully saturated rings.